The fourth-order valence-corrected chi connectivity index (χ4v) is 2.15. The van der Waals surface area contributed by atoms with Crippen molar-refractivity contribution in [2.24, 2.45) is 11.8 Å². The maximum atomic E-state index is 5.37. The highest BCUT2D eigenvalue weighted by Gasteiger charge is 2.31. The van der Waals surface area contributed by atoms with E-state index in [1.54, 1.807) is 0 Å². The van der Waals surface area contributed by atoms with Gasteiger partial charge in [0.25, 0.3) is 0 Å². The van der Waals surface area contributed by atoms with Crippen molar-refractivity contribution in [3.63, 3.8) is 0 Å². The zero-order valence-corrected chi connectivity index (χ0v) is 6.42. The predicted octanol–water partition coefficient (Wildman–Crippen LogP) is 1.99. The summed E-state index contributed by atoms with van der Waals surface area (Å²) in [5.41, 5.74) is 0. The largest absolute Gasteiger partial charge is 0.381 e. The van der Waals surface area contributed by atoms with Crippen LogP contribution < -0.4 is 0 Å². The fraction of sp³-hybridized carbons (Fsp3) is 0.778. The highest BCUT2D eigenvalue weighted by Crippen LogP contribution is 2.37. The van der Waals surface area contributed by atoms with E-state index in [0.717, 1.165) is 11.8 Å². The average Bonchev–Trinajstić information content (AvgIpc) is 2.06. The summed E-state index contributed by atoms with van der Waals surface area (Å²) in [6.07, 6.45) is 9.23. The summed E-state index contributed by atoms with van der Waals surface area (Å²) in [6.45, 7) is 0. The van der Waals surface area contributed by atoms with Crippen molar-refractivity contribution in [3.05, 3.63) is 12.2 Å². The molecule has 10 heavy (non-hydrogen) atoms. The number of allylic oxidation sites excluding steroid dienone is 1. The Morgan fingerprint density at radius 3 is 2.50 bits per heavy atom. The van der Waals surface area contributed by atoms with Gasteiger partial charge >= 0.3 is 0 Å². The minimum atomic E-state index is 0.531. The molecule has 0 aliphatic heterocycles. The summed E-state index contributed by atoms with van der Waals surface area (Å²) in [4.78, 5) is 0. The second kappa shape index (κ2) is 2.39. The fourth-order valence-electron chi connectivity index (χ4n) is 2.15. The molecule has 2 bridgehead atoms. The van der Waals surface area contributed by atoms with Gasteiger partial charge < -0.3 is 4.74 Å². The van der Waals surface area contributed by atoms with Crippen LogP contribution in [0.2, 0.25) is 0 Å². The minimum Gasteiger partial charge on any atom is -0.381 e. The minimum absolute atomic E-state index is 0.531. The van der Waals surface area contributed by atoms with Gasteiger partial charge in [0.2, 0.25) is 0 Å². The van der Waals surface area contributed by atoms with Crippen LogP contribution in [0.5, 0.6) is 0 Å². The smallest absolute Gasteiger partial charge is 0.0639 e. The summed E-state index contributed by atoms with van der Waals surface area (Å²) < 4.78 is 5.37. The van der Waals surface area contributed by atoms with Crippen LogP contribution in [-0.4, -0.2) is 13.2 Å². The molecule has 0 amide bonds. The molecule has 3 unspecified atom stereocenters. The van der Waals surface area contributed by atoms with Crippen molar-refractivity contribution in [2.45, 2.75) is 25.4 Å². The first-order chi connectivity index (χ1) is 4.90. The van der Waals surface area contributed by atoms with Crippen LogP contribution in [-0.2, 0) is 4.74 Å². The van der Waals surface area contributed by atoms with Crippen LogP contribution in [0.1, 0.15) is 19.3 Å². The van der Waals surface area contributed by atoms with Gasteiger partial charge in [-0.15, -0.1) is 0 Å². The normalized spacial score (nSPS) is 44.3. The predicted molar refractivity (Wildman–Crippen MR) is 40.8 cm³/mol. The lowest BCUT2D eigenvalue weighted by Crippen LogP contribution is -2.32. The molecule has 1 heteroatoms. The molecule has 0 aromatic heterocycles. The van der Waals surface area contributed by atoms with Crippen LogP contribution in [0.3, 0.4) is 0 Å². The van der Waals surface area contributed by atoms with Gasteiger partial charge in [0.1, 0.15) is 0 Å². The Bertz CT molecular complexity index is 151. The summed E-state index contributed by atoms with van der Waals surface area (Å²) in [5.74, 6) is 1.56. The summed E-state index contributed by atoms with van der Waals surface area (Å²) in [6, 6.07) is 0. The van der Waals surface area contributed by atoms with E-state index in [0.29, 0.717) is 6.10 Å². The van der Waals surface area contributed by atoms with Gasteiger partial charge in [-0.05, 0) is 25.2 Å². The molecule has 56 valence electrons. The Hall–Kier alpha value is -0.300. The molecule has 0 N–H and O–H groups in total. The molecule has 3 aliphatic carbocycles. The maximum Gasteiger partial charge on any atom is 0.0639 e. The van der Waals surface area contributed by atoms with E-state index in [9.17, 15) is 0 Å². The Balaban J connectivity index is 2.11. The molecular weight excluding hydrogens is 124 g/mol. The van der Waals surface area contributed by atoms with Crippen molar-refractivity contribution in [1.82, 2.24) is 0 Å². The van der Waals surface area contributed by atoms with Crippen LogP contribution in [0.15, 0.2) is 12.2 Å². The molecule has 0 aromatic rings. The van der Waals surface area contributed by atoms with E-state index in [1.165, 1.54) is 19.3 Å². The van der Waals surface area contributed by atoms with Crippen molar-refractivity contribution in [2.75, 3.05) is 7.11 Å². The third-order valence-electron chi connectivity index (χ3n) is 2.82. The zero-order chi connectivity index (χ0) is 6.97. The molecule has 3 aliphatic rings. The van der Waals surface area contributed by atoms with Crippen LogP contribution in [0, 0.1) is 11.8 Å². The van der Waals surface area contributed by atoms with E-state index in [1.807, 2.05) is 7.11 Å². The van der Waals surface area contributed by atoms with Gasteiger partial charge in [0.05, 0.1) is 6.10 Å². The van der Waals surface area contributed by atoms with Crippen molar-refractivity contribution < 1.29 is 4.74 Å². The lowest BCUT2D eigenvalue weighted by molar-refractivity contribution is 0.0219. The molecule has 0 saturated heterocycles. The topological polar surface area (TPSA) is 9.23 Å². The number of methoxy groups -OCH3 is 1. The molecule has 0 spiro atoms. The Morgan fingerprint density at radius 1 is 1.30 bits per heavy atom. The lowest BCUT2D eigenvalue weighted by atomic mass is 9.74. The number of fused-ring (bicyclic) bond motifs is 2. The molecule has 1 nitrogen and oxygen atoms in total. The highest BCUT2D eigenvalue weighted by atomic mass is 16.5. The maximum absolute atomic E-state index is 5.37. The Kier molecular flexibility index (Phi) is 1.53. The second-order valence-corrected chi connectivity index (χ2v) is 3.40. The lowest BCUT2D eigenvalue weighted by Gasteiger charge is -2.36. The quantitative estimate of drug-likeness (QED) is 0.503. The molecule has 3 atom stereocenters. The Labute approximate surface area is 62.1 Å². The van der Waals surface area contributed by atoms with Gasteiger partial charge in [0.15, 0.2) is 0 Å². The summed E-state index contributed by atoms with van der Waals surface area (Å²) in [7, 11) is 1.83. The number of hydrogen-bond acceptors (Lipinski definition) is 1. The molecule has 1 fully saturated rings. The first-order valence-corrected chi connectivity index (χ1v) is 4.11. The molecule has 0 aromatic carbocycles. The van der Waals surface area contributed by atoms with E-state index in [2.05, 4.69) is 12.2 Å². The van der Waals surface area contributed by atoms with Gasteiger partial charge in [-0.2, -0.15) is 0 Å². The number of hydrogen-bond donors (Lipinski definition) is 0. The zero-order valence-electron chi connectivity index (χ0n) is 6.42. The van der Waals surface area contributed by atoms with Crippen LogP contribution in [0.4, 0.5) is 0 Å². The Morgan fingerprint density at radius 2 is 2.20 bits per heavy atom. The second-order valence-electron chi connectivity index (χ2n) is 3.40. The van der Waals surface area contributed by atoms with Crippen LogP contribution >= 0.6 is 0 Å². The van der Waals surface area contributed by atoms with E-state index in [4.69, 9.17) is 4.74 Å². The van der Waals surface area contributed by atoms with Gasteiger partial charge in [-0.3, -0.25) is 0 Å². The molecular formula is C9H14O. The number of ether oxygens (including phenoxy) is 1. The molecule has 0 radical (unpaired) electrons. The standard InChI is InChI=1S/C9H14O/c1-10-9-6-7-2-4-8(9)5-3-7/h2,4,7-9H,3,5-6H2,1H3. The van der Waals surface area contributed by atoms with E-state index >= 15 is 0 Å². The monoisotopic (exact) mass is 138 g/mol. The molecule has 0 heterocycles. The van der Waals surface area contributed by atoms with Crippen molar-refractivity contribution in [3.8, 4) is 0 Å². The first kappa shape index (κ1) is 6.41. The number of rotatable bonds is 1. The first-order valence-electron chi connectivity index (χ1n) is 4.11. The highest BCUT2D eigenvalue weighted by molar-refractivity contribution is 5.06. The van der Waals surface area contributed by atoms with Gasteiger partial charge in [-0.1, -0.05) is 12.2 Å². The van der Waals surface area contributed by atoms with Crippen LogP contribution in [0.25, 0.3) is 0 Å². The van der Waals surface area contributed by atoms with Gasteiger partial charge in [0, 0.05) is 13.0 Å². The molecule has 1 saturated carbocycles. The SMILES string of the molecule is COC1CC2C=CC1CC2. The molecule has 3 rings (SSSR count). The van der Waals surface area contributed by atoms with Crippen molar-refractivity contribution in [1.29, 1.82) is 0 Å². The average molecular weight is 138 g/mol. The summed E-state index contributed by atoms with van der Waals surface area (Å²) in [5, 5.41) is 0. The third kappa shape index (κ3) is 0.891. The third-order valence-corrected chi connectivity index (χ3v) is 2.82. The summed E-state index contributed by atoms with van der Waals surface area (Å²) >= 11 is 0. The van der Waals surface area contributed by atoms with Crippen molar-refractivity contribution >= 4 is 0 Å². The van der Waals surface area contributed by atoms with Gasteiger partial charge in [-0.25, -0.2) is 0 Å². The van der Waals surface area contributed by atoms with E-state index < -0.39 is 0 Å². The van der Waals surface area contributed by atoms with E-state index in [-0.39, 0.29) is 0 Å².